The molecule has 0 aliphatic heterocycles. The van der Waals surface area contributed by atoms with Gasteiger partial charge < -0.3 is 26.4 Å². The van der Waals surface area contributed by atoms with E-state index < -0.39 is 5.97 Å². The Labute approximate surface area is 163 Å². The second kappa shape index (κ2) is 10.3. The van der Waals surface area contributed by atoms with Crippen molar-refractivity contribution in [3.05, 3.63) is 41.6 Å². The number of benzene rings is 1. The van der Waals surface area contributed by atoms with Crippen LogP contribution in [0.15, 0.2) is 30.5 Å². The number of hydrogen-bond acceptors (Lipinski definition) is 7. The smallest absolute Gasteiger partial charge is 0.343 e. The number of thiocarbonyl (C=S) groups is 1. The monoisotopic (exact) mass is 388 g/mol. The van der Waals surface area contributed by atoms with E-state index in [2.05, 4.69) is 25.9 Å². The second-order valence-corrected chi connectivity index (χ2v) is 6.18. The van der Waals surface area contributed by atoms with Crippen molar-refractivity contribution in [3.8, 4) is 0 Å². The fourth-order valence-electron chi connectivity index (χ4n) is 2.29. The Hall–Kier alpha value is -2.94. The Bertz CT molecular complexity index is 799. The Kier molecular flexibility index (Phi) is 7.75. The fraction of sp³-hybridized carbons (Fsp3) is 0.333. The van der Waals surface area contributed by atoms with Crippen molar-refractivity contribution in [2.45, 2.75) is 20.3 Å². The van der Waals surface area contributed by atoms with Crippen molar-refractivity contribution in [2.75, 3.05) is 30.3 Å². The van der Waals surface area contributed by atoms with Gasteiger partial charge in [-0.15, -0.1) is 0 Å². The summed E-state index contributed by atoms with van der Waals surface area (Å²) in [7, 11) is 0. The maximum atomic E-state index is 12.1. The van der Waals surface area contributed by atoms with Crippen LogP contribution in [0.5, 0.6) is 0 Å². The van der Waals surface area contributed by atoms with Crippen molar-refractivity contribution in [3.63, 3.8) is 0 Å². The van der Waals surface area contributed by atoms with Crippen molar-refractivity contribution >= 4 is 40.8 Å². The Morgan fingerprint density at radius 3 is 2.85 bits per heavy atom. The van der Waals surface area contributed by atoms with Crippen LogP contribution in [0.2, 0.25) is 0 Å². The van der Waals surface area contributed by atoms with Gasteiger partial charge in [0.2, 0.25) is 5.95 Å². The summed E-state index contributed by atoms with van der Waals surface area (Å²) in [5.74, 6) is 0.328. The van der Waals surface area contributed by atoms with Gasteiger partial charge in [-0.2, -0.15) is 4.98 Å². The minimum absolute atomic E-state index is 0.258. The van der Waals surface area contributed by atoms with Gasteiger partial charge in [0.1, 0.15) is 11.4 Å². The van der Waals surface area contributed by atoms with Crippen LogP contribution in [0, 0.1) is 6.92 Å². The van der Waals surface area contributed by atoms with E-state index >= 15 is 0 Å². The van der Waals surface area contributed by atoms with Gasteiger partial charge in [-0.25, -0.2) is 9.78 Å². The average Bonchev–Trinajstić information content (AvgIpc) is 2.61. The summed E-state index contributed by atoms with van der Waals surface area (Å²) in [6.45, 7) is 5.23. The molecule has 0 aliphatic rings. The molecule has 2 rings (SSSR count). The number of nitrogens with two attached hydrogens (primary N) is 1. The quantitative estimate of drug-likeness (QED) is 0.292. The SMILES string of the molecule is CCOC(=O)c1cnc(Nc2cccc(C)c2)nc1NCCCNC(N)=S. The molecule has 0 unspecified atom stereocenters. The van der Waals surface area contributed by atoms with E-state index in [1.807, 2.05) is 31.2 Å². The summed E-state index contributed by atoms with van der Waals surface area (Å²) >= 11 is 4.77. The number of carbonyl (C=O) groups excluding carboxylic acids is 1. The maximum absolute atomic E-state index is 12.1. The fourth-order valence-corrected chi connectivity index (χ4v) is 2.40. The van der Waals surface area contributed by atoms with Crippen molar-refractivity contribution in [2.24, 2.45) is 5.73 Å². The molecule has 0 amide bonds. The summed E-state index contributed by atoms with van der Waals surface area (Å²) in [6, 6.07) is 7.85. The standard InChI is InChI=1S/C18H24N6O2S/c1-3-26-16(25)14-11-22-18(23-13-7-4-6-12(2)10-13)24-15(14)20-8-5-9-21-17(19)27/h4,6-7,10-11H,3,5,8-9H2,1-2H3,(H3,19,21,27)(H2,20,22,23,24). The predicted molar refractivity (Wildman–Crippen MR) is 110 cm³/mol. The van der Waals surface area contributed by atoms with Gasteiger partial charge in [0.15, 0.2) is 5.11 Å². The zero-order chi connectivity index (χ0) is 19.6. The zero-order valence-electron chi connectivity index (χ0n) is 15.4. The van der Waals surface area contributed by atoms with E-state index in [4.69, 9.17) is 22.7 Å². The molecular formula is C18H24N6O2S. The van der Waals surface area contributed by atoms with Crippen LogP contribution in [0.4, 0.5) is 17.5 Å². The second-order valence-electron chi connectivity index (χ2n) is 5.74. The minimum Gasteiger partial charge on any atom is -0.462 e. The minimum atomic E-state index is -0.469. The van der Waals surface area contributed by atoms with Crippen LogP contribution in [0.25, 0.3) is 0 Å². The van der Waals surface area contributed by atoms with E-state index in [-0.39, 0.29) is 17.3 Å². The Morgan fingerprint density at radius 1 is 1.33 bits per heavy atom. The molecule has 0 aliphatic carbocycles. The third-order valence-electron chi connectivity index (χ3n) is 3.50. The van der Waals surface area contributed by atoms with Crippen LogP contribution in [0.1, 0.15) is 29.3 Å². The number of hydrogen-bond donors (Lipinski definition) is 4. The van der Waals surface area contributed by atoms with Gasteiger partial charge >= 0.3 is 5.97 Å². The van der Waals surface area contributed by atoms with E-state index in [0.29, 0.717) is 24.9 Å². The van der Waals surface area contributed by atoms with Crippen LogP contribution in [-0.4, -0.2) is 40.7 Å². The van der Waals surface area contributed by atoms with Gasteiger partial charge in [0, 0.05) is 25.0 Å². The van der Waals surface area contributed by atoms with Gasteiger partial charge in [0.05, 0.1) is 6.61 Å². The molecule has 0 fully saturated rings. The first-order valence-corrected chi connectivity index (χ1v) is 9.05. The molecule has 0 atom stereocenters. The van der Waals surface area contributed by atoms with Gasteiger partial charge in [0.25, 0.3) is 0 Å². The summed E-state index contributed by atoms with van der Waals surface area (Å²) in [4.78, 5) is 20.8. The molecule has 0 radical (unpaired) electrons. The van der Waals surface area contributed by atoms with Crippen LogP contribution >= 0.6 is 12.2 Å². The van der Waals surface area contributed by atoms with Crippen LogP contribution in [0.3, 0.4) is 0 Å². The van der Waals surface area contributed by atoms with E-state index in [1.165, 1.54) is 6.20 Å². The average molecular weight is 388 g/mol. The molecule has 8 nitrogen and oxygen atoms in total. The Morgan fingerprint density at radius 2 is 2.15 bits per heavy atom. The first kappa shape index (κ1) is 20.4. The van der Waals surface area contributed by atoms with Crippen molar-refractivity contribution in [1.29, 1.82) is 0 Å². The molecule has 144 valence electrons. The first-order valence-electron chi connectivity index (χ1n) is 8.64. The molecule has 9 heteroatoms. The van der Waals surface area contributed by atoms with E-state index in [0.717, 1.165) is 17.7 Å². The molecule has 0 spiro atoms. The number of carbonyl (C=O) groups is 1. The lowest BCUT2D eigenvalue weighted by Crippen LogP contribution is -2.30. The number of anilines is 3. The summed E-state index contributed by atoms with van der Waals surface area (Å²) in [5, 5.41) is 9.42. The van der Waals surface area contributed by atoms with Crippen molar-refractivity contribution < 1.29 is 9.53 Å². The molecule has 2 aromatic rings. The number of ether oxygens (including phenoxy) is 1. The number of aryl methyl sites for hydroxylation is 1. The largest absolute Gasteiger partial charge is 0.462 e. The predicted octanol–water partition coefficient (Wildman–Crippen LogP) is 2.34. The molecule has 0 bridgehead atoms. The van der Waals surface area contributed by atoms with E-state index in [1.54, 1.807) is 6.92 Å². The number of aromatic nitrogens is 2. The number of nitrogens with zero attached hydrogens (tertiary/aromatic N) is 2. The lowest BCUT2D eigenvalue weighted by atomic mass is 10.2. The topological polar surface area (TPSA) is 114 Å². The highest BCUT2D eigenvalue weighted by molar-refractivity contribution is 7.80. The normalized spacial score (nSPS) is 10.1. The Balaban J connectivity index is 2.12. The van der Waals surface area contributed by atoms with Gasteiger partial charge in [-0.3, -0.25) is 0 Å². The molecular weight excluding hydrogens is 364 g/mol. The highest BCUT2D eigenvalue weighted by Gasteiger charge is 2.16. The highest BCUT2D eigenvalue weighted by Crippen LogP contribution is 2.19. The van der Waals surface area contributed by atoms with Crippen LogP contribution < -0.4 is 21.7 Å². The third-order valence-corrected chi connectivity index (χ3v) is 3.65. The molecule has 1 heterocycles. The zero-order valence-corrected chi connectivity index (χ0v) is 16.2. The molecule has 0 saturated heterocycles. The molecule has 1 aromatic carbocycles. The molecule has 0 saturated carbocycles. The lowest BCUT2D eigenvalue weighted by Gasteiger charge is -2.13. The third kappa shape index (κ3) is 6.70. The van der Waals surface area contributed by atoms with Crippen molar-refractivity contribution in [1.82, 2.24) is 15.3 Å². The summed E-state index contributed by atoms with van der Waals surface area (Å²) in [6.07, 6.45) is 2.20. The van der Waals surface area contributed by atoms with Gasteiger partial charge in [-0.05, 0) is 50.2 Å². The maximum Gasteiger partial charge on any atom is 0.343 e. The molecule has 1 aromatic heterocycles. The highest BCUT2D eigenvalue weighted by atomic mass is 32.1. The summed E-state index contributed by atoms with van der Waals surface area (Å²) < 4.78 is 5.08. The number of rotatable bonds is 9. The van der Waals surface area contributed by atoms with E-state index in [9.17, 15) is 4.79 Å². The van der Waals surface area contributed by atoms with Gasteiger partial charge in [-0.1, -0.05) is 12.1 Å². The lowest BCUT2D eigenvalue weighted by molar-refractivity contribution is 0.0526. The molecule has 27 heavy (non-hydrogen) atoms. The molecule has 5 N–H and O–H groups in total. The number of nitrogens with one attached hydrogen (secondary N) is 3. The summed E-state index contributed by atoms with van der Waals surface area (Å²) in [5.41, 5.74) is 7.67. The first-order chi connectivity index (χ1) is 13.0. The number of esters is 1. The van der Waals surface area contributed by atoms with Crippen LogP contribution in [-0.2, 0) is 4.74 Å².